The van der Waals surface area contributed by atoms with Crippen LogP contribution in [0, 0.1) is 23.1 Å². The predicted octanol–water partition coefficient (Wildman–Crippen LogP) is 6.27. The van der Waals surface area contributed by atoms with Crippen molar-refractivity contribution in [2.45, 2.75) is 52.3 Å². The maximum atomic E-state index is 14.7. The Labute approximate surface area is 224 Å². The molecule has 1 amide bonds. The fourth-order valence-electron chi connectivity index (χ4n) is 4.70. The quantitative estimate of drug-likeness (QED) is 0.303. The molecule has 10 heteroatoms. The van der Waals surface area contributed by atoms with Crippen LogP contribution in [0.25, 0.3) is 0 Å². The molecule has 2 aromatic carbocycles. The second-order valence-corrected chi connectivity index (χ2v) is 10.5. The summed E-state index contributed by atoms with van der Waals surface area (Å²) in [5, 5.41) is 2.55. The monoisotopic (exact) mass is 539 g/mol. The Hall–Kier alpha value is -4.13. The number of carbonyl (C=O) groups is 1. The number of hydrogen-bond acceptors (Lipinski definition) is 5. The maximum absolute atomic E-state index is 14.7. The topological polar surface area (TPSA) is 84.1 Å². The summed E-state index contributed by atoms with van der Waals surface area (Å²) in [6.07, 6.45) is 0.972. The molecule has 1 saturated heterocycles. The van der Waals surface area contributed by atoms with Gasteiger partial charge < -0.3 is 16.0 Å². The molecule has 0 unspecified atom stereocenters. The molecule has 0 saturated carbocycles. The van der Waals surface area contributed by atoms with Gasteiger partial charge in [0.1, 0.15) is 5.82 Å². The molecule has 3 N–H and O–H groups in total. The van der Waals surface area contributed by atoms with E-state index in [1.165, 1.54) is 30.6 Å². The van der Waals surface area contributed by atoms with Crippen molar-refractivity contribution >= 4 is 23.2 Å². The highest BCUT2D eigenvalue weighted by atomic mass is 19.4. The first-order valence-corrected chi connectivity index (χ1v) is 12.5. The standard InChI is InChI=1S/C29H29F4N5O/c1-28(2,3)25-6-4-5-13-38(25)24-12-10-20(29(31,32)33)15-23(24)37-26(39)21-14-18(9-11-22(21)30)7-8-19-16-35-27(34)36-17-19/h9-12,14-17,25H,4-6,13H2,1-3H3,(H,37,39)(H2,34,35,36)/t25-/m0/s1. The van der Waals surface area contributed by atoms with Gasteiger partial charge in [-0.15, -0.1) is 0 Å². The highest BCUT2D eigenvalue weighted by Gasteiger charge is 2.36. The SMILES string of the molecule is CC(C)(C)[C@@H]1CCCCN1c1ccc(C(F)(F)F)cc1NC(=O)c1cc(C#Cc2cnc(N)nc2)ccc1F. The number of alkyl halides is 3. The second kappa shape index (κ2) is 10.9. The molecule has 0 spiro atoms. The number of amides is 1. The summed E-state index contributed by atoms with van der Waals surface area (Å²) in [6, 6.07) is 7.09. The van der Waals surface area contributed by atoms with Gasteiger partial charge in [-0.05, 0) is 61.1 Å². The van der Waals surface area contributed by atoms with Gasteiger partial charge in [-0.2, -0.15) is 13.2 Å². The van der Waals surface area contributed by atoms with Gasteiger partial charge in [-0.3, -0.25) is 4.79 Å². The van der Waals surface area contributed by atoms with E-state index < -0.39 is 23.5 Å². The number of benzene rings is 2. The molecule has 1 atom stereocenters. The van der Waals surface area contributed by atoms with E-state index in [4.69, 9.17) is 5.73 Å². The number of nitrogens with two attached hydrogens (primary N) is 1. The normalized spacial score (nSPS) is 15.9. The molecule has 1 aliphatic heterocycles. The first-order chi connectivity index (χ1) is 18.3. The third-order valence-corrected chi connectivity index (χ3v) is 6.62. The molecule has 6 nitrogen and oxygen atoms in total. The number of hydrogen-bond donors (Lipinski definition) is 2. The van der Waals surface area contributed by atoms with Crippen molar-refractivity contribution in [2.24, 2.45) is 5.41 Å². The fraction of sp³-hybridized carbons (Fsp3) is 0.345. The van der Waals surface area contributed by atoms with Gasteiger partial charge >= 0.3 is 6.18 Å². The summed E-state index contributed by atoms with van der Waals surface area (Å²) in [5.74, 6) is 4.00. The molecule has 0 bridgehead atoms. The lowest BCUT2D eigenvalue weighted by atomic mass is 9.80. The lowest BCUT2D eigenvalue weighted by Gasteiger charge is -2.45. The Balaban J connectivity index is 1.69. The molecule has 1 aromatic heterocycles. The molecular formula is C29H29F4N5O. The van der Waals surface area contributed by atoms with Crippen LogP contribution in [0.5, 0.6) is 0 Å². The van der Waals surface area contributed by atoms with Crippen LogP contribution >= 0.6 is 0 Å². The Kier molecular flexibility index (Phi) is 7.82. The van der Waals surface area contributed by atoms with Gasteiger partial charge in [0, 0.05) is 30.5 Å². The van der Waals surface area contributed by atoms with Crippen LogP contribution in [0.1, 0.15) is 67.1 Å². The smallest absolute Gasteiger partial charge is 0.368 e. The van der Waals surface area contributed by atoms with Gasteiger partial charge in [-0.25, -0.2) is 14.4 Å². The Morgan fingerprint density at radius 1 is 1.03 bits per heavy atom. The van der Waals surface area contributed by atoms with Gasteiger partial charge in [-0.1, -0.05) is 32.6 Å². The number of nitrogens with zero attached hydrogens (tertiary/aromatic N) is 3. The summed E-state index contributed by atoms with van der Waals surface area (Å²) in [7, 11) is 0. The Bertz CT molecular complexity index is 1420. The van der Waals surface area contributed by atoms with Gasteiger partial charge in [0.15, 0.2) is 0 Å². The lowest BCUT2D eigenvalue weighted by molar-refractivity contribution is -0.137. The molecule has 204 valence electrons. The lowest BCUT2D eigenvalue weighted by Crippen LogP contribution is -2.47. The maximum Gasteiger partial charge on any atom is 0.416 e. The van der Waals surface area contributed by atoms with E-state index in [-0.39, 0.29) is 28.7 Å². The number of nitrogen functional groups attached to an aromatic ring is 1. The van der Waals surface area contributed by atoms with Gasteiger partial charge in [0.25, 0.3) is 5.91 Å². The minimum absolute atomic E-state index is 0.0270. The fourth-order valence-corrected chi connectivity index (χ4v) is 4.70. The van der Waals surface area contributed by atoms with Crippen LogP contribution in [0.3, 0.4) is 0 Å². The molecule has 4 rings (SSSR count). The van der Waals surface area contributed by atoms with E-state index >= 15 is 0 Å². The van der Waals surface area contributed by atoms with E-state index in [0.717, 1.165) is 37.5 Å². The van der Waals surface area contributed by atoms with Crippen LogP contribution < -0.4 is 16.0 Å². The number of carbonyl (C=O) groups excluding carboxylic acids is 1. The predicted molar refractivity (Wildman–Crippen MR) is 143 cm³/mol. The minimum atomic E-state index is -4.62. The Morgan fingerprint density at radius 2 is 1.72 bits per heavy atom. The molecule has 0 aliphatic carbocycles. The van der Waals surface area contributed by atoms with Crippen LogP contribution in [-0.2, 0) is 6.18 Å². The molecular weight excluding hydrogens is 510 g/mol. The number of aromatic nitrogens is 2. The van der Waals surface area contributed by atoms with Crippen molar-refractivity contribution < 1.29 is 22.4 Å². The number of piperidine rings is 1. The van der Waals surface area contributed by atoms with Crippen LogP contribution in [0.4, 0.5) is 34.9 Å². The summed E-state index contributed by atoms with van der Waals surface area (Å²) >= 11 is 0. The van der Waals surface area contributed by atoms with Crippen molar-refractivity contribution in [3.63, 3.8) is 0 Å². The summed E-state index contributed by atoms with van der Waals surface area (Å²) in [4.78, 5) is 23.0. The summed E-state index contributed by atoms with van der Waals surface area (Å²) in [5.41, 5.74) is 5.29. The molecule has 39 heavy (non-hydrogen) atoms. The molecule has 3 aromatic rings. The van der Waals surface area contributed by atoms with E-state index in [2.05, 4.69) is 47.9 Å². The van der Waals surface area contributed by atoms with E-state index in [1.807, 2.05) is 4.90 Å². The van der Waals surface area contributed by atoms with Crippen LogP contribution in [-0.4, -0.2) is 28.5 Å². The zero-order valence-electron chi connectivity index (χ0n) is 21.9. The Morgan fingerprint density at radius 3 is 2.38 bits per heavy atom. The summed E-state index contributed by atoms with van der Waals surface area (Å²) in [6.45, 7) is 6.87. The summed E-state index contributed by atoms with van der Waals surface area (Å²) < 4.78 is 55.6. The third-order valence-electron chi connectivity index (χ3n) is 6.62. The van der Waals surface area contributed by atoms with Crippen molar-refractivity contribution in [1.82, 2.24) is 9.97 Å². The average Bonchev–Trinajstić information content (AvgIpc) is 2.88. The van der Waals surface area contributed by atoms with E-state index in [1.54, 1.807) is 0 Å². The van der Waals surface area contributed by atoms with Gasteiger partial charge in [0.2, 0.25) is 5.95 Å². The highest BCUT2D eigenvalue weighted by Crippen LogP contribution is 2.41. The largest absolute Gasteiger partial charge is 0.416 e. The van der Waals surface area contributed by atoms with Crippen molar-refractivity contribution in [3.05, 3.63) is 76.9 Å². The number of rotatable bonds is 3. The van der Waals surface area contributed by atoms with Gasteiger partial charge in [0.05, 0.1) is 28.1 Å². The average molecular weight is 540 g/mol. The molecule has 1 aliphatic rings. The van der Waals surface area contributed by atoms with E-state index in [9.17, 15) is 22.4 Å². The third kappa shape index (κ3) is 6.66. The minimum Gasteiger partial charge on any atom is -0.368 e. The number of nitrogens with one attached hydrogen (secondary N) is 1. The van der Waals surface area contributed by atoms with Crippen molar-refractivity contribution in [3.8, 4) is 11.8 Å². The highest BCUT2D eigenvalue weighted by molar-refractivity contribution is 6.06. The molecule has 1 fully saturated rings. The molecule has 2 heterocycles. The number of halogens is 4. The van der Waals surface area contributed by atoms with Crippen molar-refractivity contribution in [1.29, 1.82) is 0 Å². The molecule has 0 radical (unpaired) electrons. The van der Waals surface area contributed by atoms with Crippen LogP contribution in [0.15, 0.2) is 48.8 Å². The zero-order valence-corrected chi connectivity index (χ0v) is 21.9. The second-order valence-electron chi connectivity index (χ2n) is 10.5. The van der Waals surface area contributed by atoms with Crippen molar-refractivity contribution in [2.75, 3.05) is 22.5 Å². The van der Waals surface area contributed by atoms with E-state index in [0.29, 0.717) is 23.4 Å². The first-order valence-electron chi connectivity index (χ1n) is 12.5. The number of anilines is 3. The zero-order chi connectivity index (χ0) is 28.4. The first kappa shape index (κ1) is 27.9. The van der Waals surface area contributed by atoms with Crippen LogP contribution in [0.2, 0.25) is 0 Å².